The fourth-order valence-corrected chi connectivity index (χ4v) is 2.02. The zero-order valence-electron chi connectivity index (χ0n) is 13.7. The largest absolute Gasteiger partial charge is 0.492 e. The first-order valence-corrected chi connectivity index (χ1v) is 7.70. The lowest BCUT2D eigenvalue weighted by atomic mass is 10.2. The standard InChI is InChI=1S/C17H21N3O4/c1-3-23-15-11-12(2)6-7-13(15)20-17(22)19-9-8-18-16(21)14-5-4-10-24-14/h4-7,10-11H,3,8-9H2,1-2H3,(H,18,21)(H2,19,20,22). The van der Waals surface area contributed by atoms with Crippen LogP contribution in [0.15, 0.2) is 41.0 Å². The lowest BCUT2D eigenvalue weighted by Crippen LogP contribution is -2.36. The van der Waals surface area contributed by atoms with Gasteiger partial charge in [0, 0.05) is 13.1 Å². The summed E-state index contributed by atoms with van der Waals surface area (Å²) in [5.41, 5.74) is 1.64. The summed E-state index contributed by atoms with van der Waals surface area (Å²) in [7, 11) is 0. The molecular formula is C17H21N3O4. The van der Waals surface area contributed by atoms with Gasteiger partial charge in [-0.2, -0.15) is 0 Å². The Balaban J connectivity index is 1.76. The highest BCUT2D eigenvalue weighted by atomic mass is 16.5. The zero-order valence-corrected chi connectivity index (χ0v) is 13.7. The summed E-state index contributed by atoms with van der Waals surface area (Å²) in [5, 5.41) is 8.04. The molecule has 0 aliphatic carbocycles. The fourth-order valence-electron chi connectivity index (χ4n) is 2.02. The minimum atomic E-state index is -0.368. The van der Waals surface area contributed by atoms with Gasteiger partial charge in [0.15, 0.2) is 5.76 Å². The maximum Gasteiger partial charge on any atom is 0.319 e. The van der Waals surface area contributed by atoms with Gasteiger partial charge in [0.2, 0.25) is 0 Å². The highest BCUT2D eigenvalue weighted by Gasteiger charge is 2.09. The predicted octanol–water partition coefficient (Wildman–Crippen LogP) is 2.54. The molecule has 2 rings (SSSR count). The second-order valence-corrected chi connectivity index (χ2v) is 5.05. The summed E-state index contributed by atoms with van der Waals surface area (Å²) in [6.07, 6.45) is 1.43. The number of hydrogen-bond acceptors (Lipinski definition) is 4. The molecule has 0 fully saturated rings. The molecule has 0 aliphatic rings. The molecule has 0 aliphatic heterocycles. The number of benzene rings is 1. The number of amides is 3. The molecule has 7 nitrogen and oxygen atoms in total. The normalized spacial score (nSPS) is 10.1. The Labute approximate surface area is 140 Å². The van der Waals surface area contributed by atoms with E-state index in [0.717, 1.165) is 5.56 Å². The van der Waals surface area contributed by atoms with Gasteiger partial charge in [-0.3, -0.25) is 4.79 Å². The molecular weight excluding hydrogens is 310 g/mol. The Bertz CT molecular complexity index is 683. The smallest absolute Gasteiger partial charge is 0.319 e. The van der Waals surface area contributed by atoms with Crippen LogP contribution >= 0.6 is 0 Å². The van der Waals surface area contributed by atoms with Gasteiger partial charge in [-0.25, -0.2) is 4.79 Å². The maximum absolute atomic E-state index is 11.9. The number of urea groups is 1. The second-order valence-electron chi connectivity index (χ2n) is 5.05. The van der Waals surface area contributed by atoms with Gasteiger partial charge in [-0.15, -0.1) is 0 Å². The van der Waals surface area contributed by atoms with E-state index in [1.165, 1.54) is 6.26 Å². The summed E-state index contributed by atoms with van der Waals surface area (Å²) in [6, 6.07) is 8.38. The molecule has 7 heteroatoms. The second kappa shape index (κ2) is 8.61. The lowest BCUT2D eigenvalue weighted by Gasteiger charge is -2.13. The van der Waals surface area contributed by atoms with Crippen molar-refractivity contribution >= 4 is 17.6 Å². The van der Waals surface area contributed by atoms with Gasteiger partial charge < -0.3 is 25.1 Å². The van der Waals surface area contributed by atoms with E-state index in [-0.39, 0.29) is 24.2 Å². The quantitative estimate of drug-likeness (QED) is 0.680. The topological polar surface area (TPSA) is 92.6 Å². The van der Waals surface area contributed by atoms with Crippen molar-refractivity contribution in [2.45, 2.75) is 13.8 Å². The van der Waals surface area contributed by atoms with Crippen LogP contribution in [0.25, 0.3) is 0 Å². The average molecular weight is 331 g/mol. The number of carbonyl (C=O) groups is 2. The molecule has 0 saturated heterocycles. The first kappa shape index (κ1) is 17.4. The SMILES string of the molecule is CCOc1cc(C)ccc1NC(=O)NCCNC(=O)c1ccco1. The number of anilines is 1. The molecule has 0 radical (unpaired) electrons. The van der Waals surface area contributed by atoms with Crippen molar-refractivity contribution in [1.29, 1.82) is 0 Å². The number of rotatable bonds is 7. The van der Waals surface area contributed by atoms with Crippen molar-refractivity contribution in [3.8, 4) is 5.75 Å². The van der Waals surface area contributed by atoms with Crippen molar-refractivity contribution in [1.82, 2.24) is 10.6 Å². The third-order valence-electron chi connectivity index (χ3n) is 3.13. The Hall–Kier alpha value is -2.96. The molecule has 3 amide bonds. The van der Waals surface area contributed by atoms with E-state index < -0.39 is 0 Å². The van der Waals surface area contributed by atoms with Gasteiger partial charge in [0.05, 0.1) is 18.6 Å². The van der Waals surface area contributed by atoms with Gasteiger partial charge in [-0.05, 0) is 43.7 Å². The van der Waals surface area contributed by atoms with Gasteiger partial charge in [0.25, 0.3) is 5.91 Å². The number of hydrogen-bond donors (Lipinski definition) is 3. The van der Waals surface area contributed by atoms with Crippen molar-refractivity contribution in [2.75, 3.05) is 25.0 Å². The van der Waals surface area contributed by atoms with Crippen LogP contribution in [0.1, 0.15) is 23.0 Å². The van der Waals surface area contributed by atoms with E-state index in [1.807, 2.05) is 26.0 Å². The van der Waals surface area contributed by atoms with Crippen LogP contribution in [0.2, 0.25) is 0 Å². The van der Waals surface area contributed by atoms with Crippen molar-refractivity contribution in [2.24, 2.45) is 0 Å². The zero-order chi connectivity index (χ0) is 17.4. The molecule has 3 N–H and O–H groups in total. The molecule has 0 bridgehead atoms. The van der Waals surface area contributed by atoms with Crippen molar-refractivity contribution in [3.63, 3.8) is 0 Å². The molecule has 1 aromatic carbocycles. The van der Waals surface area contributed by atoms with E-state index in [0.29, 0.717) is 24.6 Å². The summed E-state index contributed by atoms with van der Waals surface area (Å²) >= 11 is 0. The molecule has 0 spiro atoms. The van der Waals surface area contributed by atoms with Crippen LogP contribution < -0.4 is 20.7 Å². The molecule has 128 valence electrons. The fraction of sp³-hybridized carbons (Fsp3) is 0.294. The Morgan fingerprint density at radius 1 is 1.17 bits per heavy atom. The molecule has 1 aromatic heterocycles. The van der Waals surface area contributed by atoms with Crippen LogP contribution in [-0.2, 0) is 0 Å². The molecule has 1 heterocycles. The first-order chi connectivity index (χ1) is 11.6. The van der Waals surface area contributed by atoms with Gasteiger partial charge in [-0.1, -0.05) is 6.07 Å². The van der Waals surface area contributed by atoms with Crippen LogP contribution in [0.4, 0.5) is 10.5 Å². The highest BCUT2D eigenvalue weighted by Crippen LogP contribution is 2.25. The van der Waals surface area contributed by atoms with E-state index in [1.54, 1.807) is 18.2 Å². The predicted molar refractivity (Wildman–Crippen MR) is 90.4 cm³/mol. The summed E-state index contributed by atoms with van der Waals surface area (Å²) in [5.74, 6) is 0.540. The molecule has 24 heavy (non-hydrogen) atoms. The van der Waals surface area contributed by atoms with E-state index >= 15 is 0 Å². The van der Waals surface area contributed by atoms with E-state index in [2.05, 4.69) is 16.0 Å². The maximum atomic E-state index is 11.9. The van der Waals surface area contributed by atoms with Gasteiger partial charge >= 0.3 is 6.03 Å². The van der Waals surface area contributed by atoms with Crippen LogP contribution in [0.5, 0.6) is 5.75 Å². The summed E-state index contributed by atoms with van der Waals surface area (Å²) in [4.78, 5) is 23.6. The number of furan rings is 1. The molecule has 0 saturated carbocycles. The lowest BCUT2D eigenvalue weighted by molar-refractivity contribution is 0.0926. The Kier molecular flexibility index (Phi) is 6.24. The molecule has 0 atom stereocenters. The Morgan fingerprint density at radius 3 is 2.67 bits per heavy atom. The monoisotopic (exact) mass is 331 g/mol. The number of nitrogens with one attached hydrogen (secondary N) is 3. The average Bonchev–Trinajstić information content (AvgIpc) is 3.09. The van der Waals surface area contributed by atoms with Crippen LogP contribution in [-0.4, -0.2) is 31.6 Å². The third kappa shape index (κ3) is 5.05. The third-order valence-corrected chi connectivity index (χ3v) is 3.13. The summed E-state index contributed by atoms with van der Waals surface area (Å²) < 4.78 is 10.5. The minimum absolute atomic E-state index is 0.237. The van der Waals surface area contributed by atoms with Crippen LogP contribution in [0, 0.1) is 6.92 Å². The number of ether oxygens (including phenoxy) is 1. The number of aryl methyl sites for hydroxylation is 1. The van der Waals surface area contributed by atoms with Crippen molar-refractivity contribution in [3.05, 3.63) is 47.9 Å². The van der Waals surface area contributed by atoms with Gasteiger partial charge in [0.1, 0.15) is 5.75 Å². The van der Waals surface area contributed by atoms with E-state index in [9.17, 15) is 9.59 Å². The number of carbonyl (C=O) groups excluding carboxylic acids is 2. The molecule has 0 unspecified atom stereocenters. The first-order valence-electron chi connectivity index (χ1n) is 7.70. The van der Waals surface area contributed by atoms with E-state index in [4.69, 9.17) is 9.15 Å². The van der Waals surface area contributed by atoms with Crippen LogP contribution in [0.3, 0.4) is 0 Å². The molecule has 2 aromatic rings. The minimum Gasteiger partial charge on any atom is -0.492 e. The summed E-state index contributed by atoms with van der Waals surface area (Å²) in [6.45, 7) is 4.92. The van der Waals surface area contributed by atoms with Crippen molar-refractivity contribution < 1.29 is 18.7 Å². The highest BCUT2D eigenvalue weighted by molar-refractivity contribution is 5.92. The Morgan fingerprint density at radius 2 is 1.96 bits per heavy atom.